The van der Waals surface area contributed by atoms with Gasteiger partial charge in [-0.2, -0.15) is 0 Å². The maximum Gasteiger partial charge on any atom is 0.335 e. The lowest BCUT2D eigenvalue weighted by Gasteiger charge is -2.29. The van der Waals surface area contributed by atoms with Crippen molar-refractivity contribution in [2.24, 2.45) is 7.05 Å². The summed E-state index contributed by atoms with van der Waals surface area (Å²) < 4.78 is 8.73. The van der Waals surface area contributed by atoms with E-state index in [1.54, 1.807) is 16.0 Å². The molecule has 2 aromatic heterocycles. The predicted octanol–water partition coefficient (Wildman–Crippen LogP) is 1.02. The van der Waals surface area contributed by atoms with E-state index in [2.05, 4.69) is 9.88 Å². The number of ether oxygens (including phenoxy) is 1. The maximum atomic E-state index is 12.7. The number of imidazole rings is 1. The fourth-order valence-corrected chi connectivity index (χ4v) is 2.90. The van der Waals surface area contributed by atoms with Crippen LogP contribution in [0.5, 0.6) is 0 Å². The van der Waals surface area contributed by atoms with Gasteiger partial charge in [0.2, 0.25) is 0 Å². The van der Waals surface area contributed by atoms with Gasteiger partial charge in [0.25, 0.3) is 0 Å². The number of fused-ring (bicyclic) bond motifs is 3. The Hall–Kier alpha value is -2.34. The van der Waals surface area contributed by atoms with E-state index < -0.39 is 0 Å². The van der Waals surface area contributed by atoms with E-state index in [0.717, 1.165) is 29.9 Å². The molecule has 6 nitrogen and oxygen atoms in total. The average molecular weight is 284 g/mol. The van der Waals surface area contributed by atoms with Crippen molar-refractivity contribution in [1.29, 1.82) is 0 Å². The predicted molar refractivity (Wildman–Crippen MR) is 81.0 cm³/mol. The molecule has 4 rings (SSSR count). The minimum Gasteiger partial charge on any atom is -0.378 e. The molecule has 1 aliphatic heterocycles. The molecule has 0 spiro atoms. The van der Waals surface area contributed by atoms with E-state index in [-0.39, 0.29) is 5.69 Å². The third-order valence-corrected chi connectivity index (χ3v) is 4.00. The fraction of sp³-hybridized carbons (Fsp3) is 0.333. The Labute approximate surface area is 121 Å². The molecule has 0 saturated carbocycles. The molecular weight excluding hydrogens is 268 g/mol. The molecule has 1 aromatic carbocycles. The van der Waals surface area contributed by atoms with Crippen molar-refractivity contribution in [2.75, 3.05) is 31.2 Å². The highest BCUT2D eigenvalue weighted by Gasteiger charge is 2.17. The molecule has 6 heteroatoms. The van der Waals surface area contributed by atoms with Gasteiger partial charge < -0.3 is 9.64 Å². The largest absolute Gasteiger partial charge is 0.378 e. The highest BCUT2D eigenvalue weighted by atomic mass is 16.5. The van der Waals surface area contributed by atoms with E-state index in [1.807, 2.05) is 30.3 Å². The van der Waals surface area contributed by atoms with Crippen molar-refractivity contribution in [3.63, 3.8) is 0 Å². The monoisotopic (exact) mass is 284 g/mol. The van der Waals surface area contributed by atoms with Gasteiger partial charge in [-0.3, -0.25) is 4.57 Å². The van der Waals surface area contributed by atoms with E-state index in [0.29, 0.717) is 18.9 Å². The number of hydrogen-bond acceptors (Lipinski definition) is 4. The smallest absolute Gasteiger partial charge is 0.335 e. The van der Waals surface area contributed by atoms with Gasteiger partial charge in [0.05, 0.1) is 24.2 Å². The van der Waals surface area contributed by atoms with Gasteiger partial charge in [0.15, 0.2) is 0 Å². The van der Waals surface area contributed by atoms with Crippen LogP contribution in [0.2, 0.25) is 0 Å². The van der Waals surface area contributed by atoms with E-state index in [9.17, 15) is 4.79 Å². The van der Waals surface area contributed by atoms with Crippen LogP contribution in [0.1, 0.15) is 0 Å². The highest BCUT2D eigenvalue weighted by Crippen LogP contribution is 2.19. The molecule has 0 radical (unpaired) electrons. The van der Waals surface area contributed by atoms with Crippen LogP contribution in [0.3, 0.4) is 0 Å². The summed E-state index contributed by atoms with van der Waals surface area (Å²) in [4.78, 5) is 19.4. The molecule has 108 valence electrons. The number of hydrogen-bond donors (Lipinski definition) is 0. The Kier molecular flexibility index (Phi) is 2.71. The lowest BCUT2D eigenvalue weighted by atomic mass is 10.3. The van der Waals surface area contributed by atoms with Gasteiger partial charge in [-0.05, 0) is 12.1 Å². The number of nitrogens with zero attached hydrogens (tertiary/aromatic N) is 4. The molecule has 3 heterocycles. The topological polar surface area (TPSA) is 51.8 Å². The summed E-state index contributed by atoms with van der Waals surface area (Å²) in [5.74, 6) is 0.895. The van der Waals surface area contributed by atoms with E-state index >= 15 is 0 Å². The van der Waals surface area contributed by atoms with Crippen molar-refractivity contribution in [3.05, 3.63) is 40.8 Å². The first-order valence-electron chi connectivity index (χ1n) is 7.05. The lowest BCUT2D eigenvalue weighted by Crippen LogP contribution is -2.40. The molecule has 3 aromatic rings. The third-order valence-electron chi connectivity index (χ3n) is 4.00. The second-order valence-electron chi connectivity index (χ2n) is 5.24. The highest BCUT2D eigenvalue weighted by molar-refractivity contribution is 5.80. The quantitative estimate of drug-likeness (QED) is 0.669. The number of aromatic nitrogens is 3. The summed E-state index contributed by atoms with van der Waals surface area (Å²) in [6.45, 7) is 2.97. The first-order valence-corrected chi connectivity index (χ1v) is 7.05. The van der Waals surface area contributed by atoms with Crippen LogP contribution in [-0.4, -0.2) is 40.3 Å². The summed E-state index contributed by atoms with van der Waals surface area (Å²) in [7, 11) is 1.81. The second-order valence-corrected chi connectivity index (χ2v) is 5.24. The molecule has 0 bridgehead atoms. The van der Waals surface area contributed by atoms with Crippen molar-refractivity contribution in [1.82, 2.24) is 14.0 Å². The molecule has 0 aliphatic carbocycles. The van der Waals surface area contributed by atoms with Crippen LogP contribution in [0.4, 0.5) is 5.82 Å². The van der Waals surface area contributed by atoms with Gasteiger partial charge in [0, 0.05) is 26.2 Å². The minimum absolute atomic E-state index is 0.0670. The average Bonchev–Trinajstić information content (AvgIpc) is 2.90. The maximum absolute atomic E-state index is 12.7. The molecule has 0 amide bonds. The Bertz CT molecular complexity index is 874. The Morgan fingerprint density at radius 1 is 1.19 bits per heavy atom. The van der Waals surface area contributed by atoms with E-state index in [1.165, 1.54) is 0 Å². The summed E-state index contributed by atoms with van der Waals surface area (Å²) in [6, 6.07) is 9.68. The summed E-state index contributed by atoms with van der Waals surface area (Å²) in [5, 5.41) is 0. The first kappa shape index (κ1) is 12.4. The third kappa shape index (κ3) is 1.83. The van der Waals surface area contributed by atoms with Crippen molar-refractivity contribution in [3.8, 4) is 0 Å². The number of morpholine rings is 1. The fourth-order valence-electron chi connectivity index (χ4n) is 2.90. The van der Waals surface area contributed by atoms with E-state index in [4.69, 9.17) is 4.74 Å². The first-order chi connectivity index (χ1) is 10.3. The van der Waals surface area contributed by atoms with Gasteiger partial charge >= 0.3 is 5.69 Å². The van der Waals surface area contributed by atoms with Crippen LogP contribution in [0.15, 0.2) is 35.1 Å². The van der Waals surface area contributed by atoms with Crippen LogP contribution in [-0.2, 0) is 11.8 Å². The molecule has 0 unspecified atom stereocenters. The molecular formula is C15H16N4O2. The molecule has 1 saturated heterocycles. The number of para-hydroxylation sites is 2. The zero-order chi connectivity index (χ0) is 14.4. The Morgan fingerprint density at radius 2 is 1.95 bits per heavy atom. The van der Waals surface area contributed by atoms with Crippen molar-refractivity contribution in [2.45, 2.75) is 0 Å². The van der Waals surface area contributed by atoms with Crippen molar-refractivity contribution >= 4 is 22.5 Å². The Balaban J connectivity index is 2.00. The lowest BCUT2D eigenvalue weighted by molar-refractivity contribution is 0.122. The second kappa shape index (κ2) is 4.60. The molecule has 0 atom stereocenters. The van der Waals surface area contributed by atoms with Gasteiger partial charge in [-0.25, -0.2) is 14.2 Å². The summed E-state index contributed by atoms with van der Waals surface area (Å²) in [5.41, 5.74) is 2.32. The number of rotatable bonds is 1. The minimum atomic E-state index is -0.0670. The van der Waals surface area contributed by atoms with Crippen molar-refractivity contribution < 1.29 is 4.74 Å². The summed E-state index contributed by atoms with van der Waals surface area (Å²) >= 11 is 0. The number of benzene rings is 1. The van der Waals surface area contributed by atoms with Gasteiger partial charge in [-0.15, -0.1) is 0 Å². The van der Waals surface area contributed by atoms with Crippen LogP contribution < -0.4 is 10.6 Å². The zero-order valence-corrected chi connectivity index (χ0v) is 11.8. The van der Waals surface area contributed by atoms with Gasteiger partial charge in [-0.1, -0.05) is 12.1 Å². The molecule has 1 aliphatic rings. The standard InChI is InChI=1S/C15H16N4O2/c1-17-14(18-6-8-21-9-7-18)10-13-16-11-4-2-3-5-12(11)19(13)15(17)20/h2-5,10H,6-9H2,1H3. The van der Waals surface area contributed by atoms with Crippen LogP contribution in [0.25, 0.3) is 16.7 Å². The SMILES string of the molecule is Cn1c(N2CCOCC2)cc2nc3ccccc3n2c1=O. The summed E-state index contributed by atoms with van der Waals surface area (Å²) in [6.07, 6.45) is 0. The van der Waals surface area contributed by atoms with Gasteiger partial charge in [0.1, 0.15) is 11.5 Å². The zero-order valence-electron chi connectivity index (χ0n) is 11.8. The van der Waals surface area contributed by atoms with Crippen LogP contribution in [0, 0.1) is 0 Å². The molecule has 0 N–H and O–H groups in total. The molecule has 21 heavy (non-hydrogen) atoms. The molecule has 1 fully saturated rings. The van der Waals surface area contributed by atoms with Crippen LogP contribution >= 0.6 is 0 Å². The number of anilines is 1. The Morgan fingerprint density at radius 3 is 2.76 bits per heavy atom. The normalized spacial score (nSPS) is 16.0.